The zero-order chi connectivity index (χ0) is 11.5. The van der Waals surface area contributed by atoms with E-state index in [4.69, 9.17) is 0 Å². The first-order valence-electron chi connectivity index (χ1n) is 5.79. The van der Waals surface area contributed by atoms with Gasteiger partial charge in [-0.3, -0.25) is 4.98 Å². The molecule has 0 N–H and O–H groups in total. The molecule has 0 atom stereocenters. The number of hydrogen-bond acceptors (Lipinski definition) is 1. The van der Waals surface area contributed by atoms with Gasteiger partial charge in [0.1, 0.15) is 0 Å². The lowest BCUT2D eigenvalue weighted by Crippen LogP contribution is -1.90. The van der Waals surface area contributed by atoms with Gasteiger partial charge in [-0.2, -0.15) is 0 Å². The van der Waals surface area contributed by atoms with E-state index in [9.17, 15) is 0 Å². The molecular weight excluding hydrogens is 242 g/mol. The van der Waals surface area contributed by atoms with Gasteiger partial charge in [0.25, 0.3) is 0 Å². The summed E-state index contributed by atoms with van der Waals surface area (Å²) in [5, 5.41) is 2.51. The van der Waals surface area contributed by atoms with E-state index >= 15 is 0 Å². The molecule has 0 aliphatic rings. The van der Waals surface area contributed by atoms with Crippen LogP contribution in [0.25, 0.3) is 10.8 Å². The lowest BCUT2D eigenvalue weighted by molar-refractivity contribution is 1.17. The highest BCUT2D eigenvalue weighted by atomic mass is 35.5. The highest BCUT2D eigenvalue weighted by molar-refractivity contribution is 5.85. The number of rotatable bonds is 2. The minimum Gasteiger partial charge on any atom is -0.264 e. The molecule has 0 bridgehead atoms. The van der Waals surface area contributed by atoms with Crippen LogP contribution in [0.5, 0.6) is 0 Å². The Balaban J connectivity index is 0.00000120. The Bertz CT molecular complexity index is 629. The van der Waals surface area contributed by atoms with Gasteiger partial charge < -0.3 is 0 Å². The molecule has 0 amide bonds. The number of fused-ring (bicyclic) bond motifs is 1. The van der Waals surface area contributed by atoms with Crippen LogP contribution in [0.15, 0.2) is 67.0 Å². The van der Waals surface area contributed by atoms with Crippen LogP contribution in [0, 0.1) is 0 Å². The molecule has 0 saturated carbocycles. The third-order valence-corrected chi connectivity index (χ3v) is 2.99. The average molecular weight is 256 g/mol. The van der Waals surface area contributed by atoms with Crippen LogP contribution in [0.1, 0.15) is 11.1 Å². The van der Waals surface area contributed by atoms with E-state index in [1.807, 2.05) is 18.5 Å². The predicted octanol–water partition coefficient (Wildman–Crippen LogP) is 4.25. The van der Waals surface area contributed by atoms with Gasteiger partial charge in [0.2, 0.25) is 0 Å². The van der Waals surface area contributed by atoms with Crippen molar-refractivity contribution in [2.24, 2.45) is 0 Å². The van der Waals surface area contributed by atoms with Crippen molar-refractivity contribution in [1.29, 1.82) is 0 Å². The van der Waals surface area contributed by atoms with E-state index in [-0.39, 0.29) is 12.4 Å². The summed E-state index contributed by atoms with van der Waals surface area (Å²) < 4.78 is 0. The molecule has 1 aromatic heterocycles. The number of nitrogens with zero attached hydrogens (tertiary/aromatic N) is 1. The van der Waals surface area contributed by atoms with Gasteiger partial charge in [0, 0.05) is 17.8 Å². The Morgan fingerprint density at radius 1 is 0.778 bits per heavy atom. The summed E-state index contributed by atoms with van der Waals surface area (Å²) in [6.07, 6.45) is 4.83. The molecule has 1 heterocycles. The summed E-state index contributed by atoms with van der Waals surface area (Å²) in [5.41, 5.74) is 2.61. The van der Waals surface area contributed by atoms with Crippen molar-refractivity contribution in [2.45, 2.75) is 6.42 Å². The lowest BCUT2D eigenvalue weighted by atomic mass is 10.0. The molecule has 0 radical (unpaired) electrons. The number of benzene rings is 2. The molecule has 0 aliphatic heterocycles. The topological polar surface area (TPSA) is 12.9 Å². The Morgan fingerprint density at radius 3 is 2.33 bits per heavy atom. The molecule has 2 heteroatoms. The van der Waals surface area contributed by atoms with Crippen LogP contribution in [0.3, 0.4) is 0 Å². The van der Waals surface area contributed by atoms with Gasteiger partial charge in [-0.15, -0.1) is 12.4 Å². The second-order valence-corrected chi connectivity index (χ2v) is 4.18. The first kappa shape index (κ1) is 12.6. The molecule has 90 valence electrons. The number of aromatic nitrogens is 1. The average Bonchev–Trinajstić information content (AvgIpc) is 2.40. The van der Waals surface area contributed by atoms with Crippen LogP contribution in [-0.4, -0.2) is 4.98 Å². The smallest absolute Gasteiger partial charge is 0.0346 e. The van der Waals surface area contributed by atoms with Crippen LogP contribution in [0.4, 0.5) is 0 Å². The molecule has 3 aromatic rings. The lowest BCUT2D eigenvalue weighted by Gasteiger charge is -2.05. The normalized spacial score (nSPS) is 10.0. The molecule has 0 fully saturated rings. The third kappa shape index (κ3) is 2.52. The van der Waals surface area contributed by atoms with E-state index in [1.165, 1.54) is 21.9 Å². The molecule has 0 saturated heterocycles. The first-order chi connectivity index (χ1) is 8.43. The van der Waals surface area contributed by atoms with Crippen LogP contribution in [0.2, 0.25) is 0 Å². The fourth-order valence-electron chi connectivity index (χ4n) is 2.14. The van der Waals surface area contributed by atoms with E-state index in [2.05, 4.69) is 53.5 Å². The van der Waals surface area contributed by atoms with E-state index in [0.717, 1.165) is 6.42 Å². The molecule has 1 nitrogen and oxygen atoms in total. The standard InChI is InChI=1S/C16H13N.ClH/c1-2-6-13(7-3-1)10-15-12-17-11-14-8-4-5-9-16(14)15;/h1-9,11-12H,10H2;1H. The molecule has 3 rings (SSSR count). The van der Waals surface area contributed by atoms with E-state index < -0.39 is 0 Å². The van der Waals surface area contributed by atoms with Gasteiger partial charge >= 0.3 is 0 Å². The van der Waals surface area contributed by atoms with Crippen molar-refractivity contribution in [3.8, 4) is 0 Å². The summed E-state index contributed by atoms with van der Waals surface area (Å²) in [5.74, 6) is 0. The van der Waals surface area contributed by atoms with Crippen LogP contribution >= 0.6 is 12.4 Å². The van der Waals surface area contributed by atoms with Gasteiger partial charge in [-0.1, -0.05) is 54.6 Å². The minimum absolute atomic E-state index is 0. The van der Waals surface area contributed by atoms with Crippen molar-refractivity contribution in [1.82, 2.24) is 4.98 Å². The van der Waals surface area contributed by atoms with Crippen molar-refractivity contribution in [3.63, 3.8) is 0 Å². The third-order valence-electron chi connectivity index (χ3n) is 2.99. The Hall–Kier alpha value is -1.86. The van der Waals surface area contributed by atoms with Crippen LogP contribution < -0.4 is 0 Å². The summed E-state index contributed by atoms with van der Waals surface area (Å²) in [7, 11) is 0. The summed E-state index contributed by atoms with van der Waals surface area (Å²) >= 11 is 0. The Kier molecular flexibility index (Phi) is 3.96. The quantitative estimate of drug-likeness (QED) is 0.667. The van der Waals surface area contributed by atoms with Crippen molar-refractivity contribution in [2.75, 3.05) is 0 Å². The molecule has 2 aromatic carbocycles. The highest BCUT2D eigenvalue weighted by Crippen LogP contribution is 2.19. The molecule has 18 heavy (non-hydrogen) atoms. The van der Waals surface area contributed by atoms with Gasteiger partial charge in [-0.05, 0) is 22.9 Å². The largest absolute Gasteiger partial charge is 0.264 e. The summed E-state index contributed by atoms with van der Waals surface area (Å²) in [6.45, 7) is 0. The summed E-state index contributed by atoms with van der Waals surface area (Å²) in [6, 6.07) is 18.9. The van der Waals surface area contributed by atoms with Gasteiger partial charge in [0.15, 0.2) is 0 Å². The second kappa shape index (κ2) is 5.65. The molecule has 0 unspecified atom stereocenters. The number of hydrogen-bond donors (Lipinski definition) is 0. The van der Waals surface area contributed by atoms with E-state index in [0.29, 0.717) is 0 Å². The number of pyridine rings is 1. The maximum Gasteiger partial charge on any atom is 0.0346 e. The highest BCUT2D eigenvalue weighted by Gasteiger charge is 2.01. The minimum atomic E-state index is 0. The van der Waals surface area contributed by atoms with Crippen molar-refractivity contribution >= 4 is 23.2 Å². The molecule has 0 spiro atoms. The summed E-state index contributed by atoms with van der Waals surface area (Å²) in [4.78, 5) is 4.31. The Morgan fingerprint density at radius 2 is 1.50 bits per heavy atom. The van der Waals surface area contributed by atoms with Crippen molar-refractivity contribution in [3.05, 3.63) is 78.1 Å². The predicted molar refractivity (Wildman–Crippen MR) is 78.2 cm³/mol. The number of halogens is 1. The first-order valence-corrected chi connectivity index (χ1v) is 5.79. The fraction of sp³-hybridized carbons (Fsp3) is 0.0625. The van der Waals surface area contributed by atoms with Crippen molar-refractivity contribution < 1.29 is 0 Å². The SMILES string of the molecule is Cl.c1ccc(Cc2cncc3ccccc23)cc1. The maximum atomic E-state index is 4.31. The van der Waals surface area contributed by atoms with E-state index in [1.54, 1.807) is 0 Å². The zero-order valence-electron chi connectivity index (χ0n) is 9.91. The van der Waals surface area contributed by atoms with Gasteiger partial charge in [-0.25, -0.2) is 0 Å². The maximum absolute atomic E-state index is 4.31. The second-order valence-electron chi connectivity index (χ2n) is 4.18. The molecular formula is C16H14ClN. The molecule has 0 aliphatic carbocycles. The van der Waals surface area contributed by atoms with Gasteiger partial charge in [0.05, 0.1) is 0 Å². The van der Waals surface area contributed by atoms with Crippen LogP contribution in [-0.2, 0) is 6.42 Å². The fourth-order valence-corrected chi connectivity index (χ4v) is 2.14. The zero-order valence-corrected chi connectivity index (χ0v) is 10.7. The Labute approximate surface area is 113 Å². The monoisotopic (exact) mass is 255 g/mol.